The molecule has 72 valence electrons. The number of aromatic nitrogens is 1. The summed E-state index contributed by atoms with van der Waals surface area (Å²) >= 11 is 0. The Labute approximate surface area is 83.7 Å². The van der Waals surface area contributed by atoms with Crippen LogP contribution in [0.3, 0.4) is 0 Å². The molecule has 0 atom stereocenters. The standard InChI is InChI=1S/C12H14N2/c1-8-4-5-12-10(6-8)11(9(2)13)7-14(12)3/h4-7,13H,1-3H3. The second kappa shape index (κ2) is 2.98. The van der Waals surface area contributed by atoms with Crippen LogP contribution < -0.4 is 0 Å². The van der Waals surface area contributed by atoms with Crippen molar-refractivity contribution in [2.24, 2.45) is 7.05 Å². The van der Waals surface area contributed by atoms with Crippen molar-refractivity contribution in [3.05, 3.63) is 35.5 Å². The van der Waals surface area contributed by atoms with Crippen LogP contribution in [0.2, 0.25) is 0 Å². The number of aryl methyl sites for hydroxylation is 2. The Bertz CT molecular complexity index is 506. The van der Waals surface area contributed by atoms with Crippen molar-refractivity contribution in [3.8, 4) is 0 Å². The zero-order valence-corrected chi connectivity index (χ0v) is 8.76. The summed E-state index contributed by atoms with van der Waals surface area (Å²) in [6.45, 7) is 3.91. The maximum absolute atomic E-state index is 7.69. The summed E-state index contributed by atoms with van der Waals surface area (Å²) in [4.78, 5) is 0. The summed E-state index contributed by atoms with van der Waals surface area (Å²) in [5, 5.41) is 8.87. The maximum Gasteiger partial charge on any atom is 0.0484 e. The Morgan fingerprint density at radius 3 is 2.71 bits per heavy atom. The van der Waals surface area contributed by atoms with E-state index in [2.05, 4.69) is 29.7 Å². The number of fused-ring (bicyclic) bond motifs is 1. The minimum Gasteiger partial charge on any atom is -0.350 e. The van der Waals surface area contributed by atoms with Gasteiger partial charge in [0.15, 0.2) is 0 Å². The Morgan fingerprint density at radius 2 is 2.07 bits per heavy atom. The van der Waals surface area contributed by atoms with Gasteiger partial charge < -0.3 is 9.98 Å². The fraction of sp³-hybridized carbons (Fsp3) is 0.250. The zero-order valence-electron chi connectivity index (χ0n) is 8.76. The van der Waals surface area contributed by atoms with Crippen LogP contribution in [0.5, 0.6) is 0 Å². The van der Waals surface area contributed by atoms with Gasteiger partial charge in [0.25, 0.3) is 0 Å². The number of nitrogens with one attached hydrogen (secondary N) is 1. The molecular weight excluding hydrogens is 172 g/mol. The number of hydrogen-bond donors (Lipinski definition) is 1. The van der Waals surface area contributed by atoms with Gasteiger partial charge in [-0.1, -0.05) is 11.6 Å². The van der Waals surface area contributed by atoms with Gasteiger partial charge in [-0.05, 0) is 26.0 Å². The smallest absolute Gasteiger partial charge is 0.0484 e. The van der Waals surface area contributed by atoms with Crippen molar-refractivity contribution in [3.63, 3.8) is 0 Å². The topological polar surface area (TPSA) is 28.8 Å². The fourth-order valence-electron chi connectivity index (χ4n) is 1.80. The molecule has 0 aliphatic rings. The molecule has 2 heteroatoms. The normalized spacial score (nSPS) is 10.8. The minimum absolute atomic E-state index is 0.626. The predicted molar refractivity (Wildman–Crippen MR) is 60.2 cm³/mol. The molecule has 0 aliphatic heterocycles. The van der Waals surface area contributed by atoms with E-state index in [1.54, 1.807) is 0 Å². The van der Waals surface area contributed by atoms with Crippen LogP contribution in [-0.2, 0) is 7.05 Å². The average molecular weight is 186 g/mol. The average Bonchev–Trinajstić information content (AvgIpc) is 2.43. The molecule has 2 aromatic rings. The number of hydrogen-bond acceptors (Lipinski definition) is 1. The first-order valence-corrected chi connectivity index (χ1v) is 4.71. The molecule has 0 saturated carbocycles. The van der Waals surface area contributed by atoms with Gasteiger partial charge in [0.2, 0.25) is 0 Å². The van der Waals surface area contributed by atoms with E-state index in [1.807, 2.05) is 20.2 Å². The maximum atomic E-state index is 7.69. The summed E-state index contributed by atoms with van der Waals surface area (Å²) in [7, 11) is 2.02. The second-order valence-corrected chi connectivity index (χ2v) is 3.80. The van der Waals surface area contributed by atoms with E-state index in [0.717, 1.165) is 5.56 Å². The summed E-state index contributed by atoms with van der Waals surface area (Å²) in [6.07, 6.45) is 2.02. The number of benzene rings is 1. The van der Waals surface area contributed by atoms with Gasteiger partial charge in [-0.3, -0.25) is 0 Å². The summed E-state index contributed by atoms with van der Waals surface area (Å²) in [5.74, 6) is 0. The van der Waals surface area contributed by atoms with Crippen LogP contribution in [0.1, 0.15) is 18.1 Å². The lowest BCUT2D eigenvalue weighted by Gasteiger charge is -1.97. The van der Waals surface area contributed by atoms with E-state index < -0.39 is 0 Å². The van der Waals surface area contributed by atoms with E-state index in [-0.39, 0.29) is 0 Å². The SMILES string of the molecule is CC(=N)c1cn(C)c2ccc(C)cc12. The van der Waals surface area contributed by atoms with Gasteiger partial charge >= 0.3 is 0 Å². The first-order chi connectivity index (χ1) is 6.59. The summed E-state index contributed by atoms with van der Waals surface area (Å²) in [6, 6.07) is 6.35. The second-order valence-electron chi connectivity index (χ2n) is 3.80. The molecule has 0 spiro atoms. The molecule has 1 heterocycles. The third kappa shape index (κ3) is 1.23. The molecule has 0 fully saturated rings. The zero-order chi connectivity index (χ0) is 10.3. The first kappa shape index (κ1) is 9.00. The molecule has 0 unspecified atom stereocenters. The summed E-state index contributed by atoms with van der Waals surface area (Å²) < 4.78 is 2.07. The molecule has 14 heavy (non-hydrogen) atoms. The molecule has 0 radical (unpaired) electrons. The predicted octanol–water partition coefficient (Wildman–Crippen LogP) is 2.87. The highest BCUT2D eigenvalue weighted by Gasteiger charge is 2.07. The highest BCUT2D eigenvalue weighted by Crippen LogP contribution is 2.22. The van der Waals surface area contributed by atoms with Crippen LogP contribution >= 0.6 is 0 Å². The van der Waals surface area contributed by atoms with Gasteiger partial charge in [-0.2, -0.15) is 0 Å². The fourth-order valence-corrected chi connectivity index (χ4v) is 1.80. The van der Waals surface area contributed by atoms with E-state index in [0.29, 0.717) is 5.71 Å². The molecule has 1 aromatic carbocycles. The number of rotatable bonds is 1. The highest BCUT2D eigenvalue weighted by molar-refractivity contribution is 6.08. The van der Waals surface area contributed by atoms with E-state index in [1.165, 1.54) is 16.5 Å². The van der Waals surface area contributed by atoms with E-state index in [9.17, 15) is 0 Å². The van der Waals surface area contributed by atoms with Crippen LogP contribution in [0.15, 0.2) is 24.4 Å². The van der Waals surface area contributed by atoms with Crippen molar-refractivity contribution in [2.45, 2.75) is 13.8 Å². The molecule has 0 aliphatic carbocycles. The highest BCUT2D eigenvalue weighted by atomic mass is 14.9. The van der Waals surface area contributed by atoms with Crippen LogP contribution in [-0.4, -0.2) is 10.3 Å². The monoisotopic (exact) mass is 186 g/mol. The van der Waals surface area contributed by atoms with E-state index in [4.69, 9.17) is 5.41 Å². The molecule has 0 bridgehead atoms. The van der Waals surface area contributed by atoms with Crippen molar-refractivity contribution in [2.75, 3.05) is 0 Å². The molecule has 2 rings (SSSR count). The Balaban J connectivity index is 2.85. The third-order valence-electron chi connectivity index (χ3n) is 2.55. The van der Waals surface area contributed by atoms with Crippen molar-refractivity contribution >= 4 is 16.6 Å². The molecule has 0 saturated heterocycles. The Hall–Kier alpha value is -1.57. The Kier molecular flexibility index (Phi) is 1.92. The molecule has 2 nitrogen and oxygen atoms in total. The van der Waals surface area contributed by atoms with Gasteiger partial charge in [-0.15, -0.1) is 0 Å². The molecule has 1 aromatic heterocycles. The quantitative estimate of drug-likeness (QED) is 0.663. The van der Waals surface area contributed by atoms with Crippen molar-refractivity contribution in [1.82, 2.24) is 4.57 Å². The largest absolute Gasteiger partial charge is 0.350 e. The molecule has 0 amide bonds. The van der Waals surface area contributed by atoms with Gasteiger partial charge in [0.1, 0.15) is 0 Å². The number of nitrogens with zero attached hydrogens (tertiary/aromatic N) is 1. The van der Waals surface area contributed by atoms with Gasteiger partial charge in [0, 0.05) is 35.4 Å². The lowest BCUT2D eigenvalue weighted by atomic mass is 10.1. The minimum atomic E-state index is 0.626. The van der Waals surface area contributed by atoms with E-state index >= 15 is 0 Å². The van der Waals surface area contributed by atoms with Gasteiger partial charge in [0.05, 0.1) is 0 Å². The van der Waals surface area contributed by atoms with Crippen LogP contribution in [0.4, 0.5) is 0 Å². The van der Waals surface area contributed by atoms with Crippen molar-refractivity contribution < 1.29 is 0 Å². The third-order valence-corrected chi connectivity index (χ3v) is 2.55. The lowest BCUT2D eigenvalue weighted by molar-refractivity contribution is 0.967. The first-order valence-electron chi connectivity index (χ1n) is 4.71. The van der Waals surface area contributed by atoms with Crippen LogP contribution in [0, 0.1) is 12.3 Å². The van der Waals surface area contributed by atoms with Crippen molar-refractivity contribution in [1.29, 1.82) is 5.41 Å². The van der Waals surface area contributed by atoms with Crippen LogP contribution in [0.25, 0.3) is 10.9 Å². The Morgan fingerprint density at radius 1 is 1.36 bits per heavy atom. The van der Waals surface area contributed by atoms with Gasteiger partial charge in [-0.25, -0.2) is 0 Å². The summed E-state index contributed by atoms with van der Waals surface area (Å²) in [5.41, 5.74) is 4.09. The molecular formula is C12H14N2. The molecule has 1 N–H and O–H groups in total. The lowest BCUT2D eigenvalue weighted by Crippen LogP contribution is -1.89.